The van der Waals surface area contributed by atoms with Crippen LogP contribution in [-0.2, 0) is 0 Å². The summed E-state index contributed by atoms with van der Waals surface area (Å²) in [6.45, 7) is 1.79. The van der Waals surface area contributed by atoms with E-state index in [-0.39, 0.29) is 11.4 Å². The van der Waals surface area contributed by atoms with Gasteiger partial charge in [-0.1, -0.05) is 0 Å². The third kappa shape index (κ3) is 2.30. The number of nitro groups is 1. The van der Waals surface area contributed by atoms with Crippen molar-refractivity contribution in [2.24, 2.45) is 0 Å². The number of aromatic nitrogens is 3. The van der Waals surface area contributed by atoms with E-state index in [2.05, 4.69) is 20.5 Å². The molecule has 0 aliphatic carbocycles. The van der Waals surface area contributed by atoms with Gasteiger partial charge in [0.1, 0.15) is 5.69 Å². The molecule has 8 nitrogen and oxygen atoms in total. The highest BCUT2D eigenvalue weighted by Crippen LogP contribution is 2.13. The minimum Gasteiger partial charge on any atom is -0.351 e. The number of anilines is 1. The summed E-state index contributed by atoms with van der Waals surface area (Å²) in [6, 6.07) is 2.81. The summed E-state index contributed by atoms with van der Waals surface area (Å²) < 4.78 is 0. The van der Waals surface area contributed by atoms with Gasteiger partial charge in [0.2, 0.25) is 0 Å². The first-order valence-electron chi connectivity index (χ1n) is 4.72. The maximum atomic E-state index is 11.6. The van der Waals surface area contributed by atoms with Gasteiger partial charge in [-0.05, 0) is 6.92 Å². The quantitative estimate of drug-likeness (QED) is 0.547. The Balaban J connectivity index is 2.11. The van der Waals surface area contributed by atoms with Crippen LogP contribution in [0.2, 0.25) is 0 Å². The lowest BCUT2D eigenvalue weighted by Gasteiger charge is -1.97. The fraction of sp³-hybridized carbons (Fsp3) is 0.111. The summed E-state index contributed by atoms with van der Waals surface area (Å²) in [7, 11) is 0. The van der Waals surface area contributed by atoms with Crippen LogP contribution in [0.15, 0.2) is 18.3 Å². The van der Waals surface area contributed by atoms with Gasteiger partial charge in [0, 0.05) is 17.8 Å². The van der Waals surface area contributed by atoms with Crippen molar-refractivity contribution < 1.29 is 9.72 Å². The van der Waals surface area contributed by atoms with Crippen molar-refractivity contribution >= 4 is 17.4 Å². The van der Waals surface area contributed by atoms with Gasteiger partial charge in [0.15, 0.2) is 5.82 Å². The number of carbonyl (C=O) groups is 1. The number of H-pyrrole nitrogens is 2. The Morgan fingerprint density at radius 2 is 2.29 bits per heavy atom. The van der Waals surface area contributed by atoms with E-state index >= 15 is 0 Å². The Morgan fingerprint density at radius 1 is 1.53 bits per heavy atom. The first-order chi connectivity index (χ1) is 8.06. The fourth-order valence-electron chi connectivity index (χ4n) is 1.29. The molecule has 0 saturated carbocycles. The van der Waals surface area contributed by atoms with Crippen molar-refractivity contribution in [3.63, 3.8) is 0 Å². The lowest BCUT2D eigenvalue weighted by atomic mass is 10.4. The fourth-order valence-corrected chi connectivity index (χ4v) is 1.29. The summed E-state index contributed by atoms with van der Waals surface area (Å²) in [5.41, 5.74) is 0.753. The van der Waals surface area contributed by atoms with Gasteiger partial charge < -0.3 is 10.3 Å². The van der Waals surface area contributed by atoms with Gasteiger partial charge in [-0.25, -0.2) is 0 Å². The van der Waals surface area contributed by atoms with Crippen LogP contribution in [0.25, 0.3) is 0 Å². The van der Waals surface area contributed by atoms with Crippen LogP contribution in [0.4, 0.5) is 11.5 Å². The highest BCUT2D eigenvalue weighted by atomic mass is 16.6. The van der Waals surface area contributed by atoms with Crippen LogP contribution in [0.3, 0.4) is 0 Å². The molecular formula is C9H9N5O3. The average molecular weight is 235 g/mol. The summed E-state index contributed by atoms with van der Waals surface area (Å²) in [6.07, 6.45) is 1.16. The van der Waals surface area contributed by atoms with Crippen molar-refractivity contribution in [3.8, 4) is 0 Å². The van der Waals surface area contributed by atoms with E-state index in [4.69, 9.17) is 0 Å². The third-order valence-corrected chi connectivity index (χ3v) is 2.07. The highest BCUT2D eigenvalue weighted by molar-refractivity contribution is 6.02. The van der Waals surface area contributed by atoms with Crippen molar-refractivity contribution in [2.45, 2.75) is 6.92 Å². The summed E-state index contributed by atoms with van der Waals surface area (Å²) in [5.74, 6) is -0.116. The number of aromatic amines is 2. The van der Waals surface area contributed by atoms with Gasteiger partial charge in [-0.2, -0.15) is 5.10 Å². The molecular weight excluding hydrogens is 226 g/mol. The molecule has 0 aliphatic rings. The first-order valence-corrected chi connectivity index (χ1v) is 4.72. The van der Waals surface area contributed by atoms with Crippen LogP contribution >= 0.6 is 0 Å². The van der Waals surface area contributed by atoms with Gasteiger partial charge in [0.05, 0.1) is 11.1 Å². The van der Waals surface area contributed by atoms with Crippen molar-refractivity contribution in [3.05, 3.63) is 39.8 Å². The standard InChI is InChI=1S/C9H9N5O3/c1-5-2-8(13-12-5)11-9(15)7-3-6(4-10-7)14(16)17/h2-4,10H,1H3,(H2,11,12,13,15). The Bertz CT molecular complexity index is 571. The largest absolute Gasteiger partial charge is 0.351 e. The number of rotatable bonds is 3. The highest BCUT2D eigenvalue weighted by Gasteiger charge is 2.15. The molecule has 2 aromatic rings. The summed E-state index contributed by atoms with van der Waals surface area (Å²) >= 11 is 0. The summed E-state index contributed by atoms with van der Waals surface area (Å²) in [5, 5.41) is 19.4. The third-order valence-electron chi connectivity index (χ3n) is 2.07. The molecule has 0 unspecified atom stereocenters. The van der Waals surface area contributed by atoms with Gasteiger partial charge in [-0.15, -0.1) is 0 Å². The van der Waals surface area contributed by atoms with Gasteiger partial charge in [-0.3, -0.25) is 20.0 Å². The summed E-state index contributed by atoms with van der Waals surface area (Å²) in [4.78, 5) is 24.0. The second kappa shape index (κ2) is 4.08. The Hall–Kier alpha value is -2.64. The SMILES string of the molecule is Cc1cc(NC(=O)c2cc([N+](=O)[O-])c[nH]2)n[nH]1. The zero-order chi connectivity index (χ0) is 12.4. The molecule has 1 amide bonds. The van der Waals surface area contributed by atoms with Crippen LogP contribution in [0, 0.1) is 17.0 Å². The normalized spacial score (nSPS) is 10.2. The van der Waals surface area contributed by atoms with Crippen LogP contribution in [0.5, 0.6) is 0 Å². The van der Waals surface area contributed by atoms with E-state index in [1.165, 1.54) is 0 Å². The van der Waals surface area contributed by atoms with Crippen molar-refractivity contribution in [2.75, 3.05) is 5.32 Å². The molecule has 3 N–H and O–H groups in total. The molecule has 2 aromatic heterocycles. The Morgan fingerprint density at radius 3 is 2.82 bits per heavy atom. The van der Waals surface area contributed by atoms with E-state index < -0.39 is 10.8 Å². The maximum Gasteiger partial charge on any atom is 0.287 e. The number of nitrogens with one attached hydrogen (secondary N) is 3. The van der Waals surface area contributed by atoms with Crippen LogP contribution in [-0.4, -0.2) is 26.0 Å². The molecule has 0 aromatic carbocycles. The minimum atomic E-state index is -0.577. The van der Waals surface area contributed by atoms with E-state index in [0.29, 0.717) is 5.82 Å². The molecule has 0 fully saturated rings. The monoisotopic (exact) mass is 235 g/mol. The number of nitrogens with zero attached hydrogens (tertiary/aromatic N) is 2. The molecule has 2 heterocycles. The molecule has 0 spiro atoms. The Kier molecular flexibility index (Phi) is 2.61. The predicted octanol–water partition coefficient (Wildman–Crippen LogP) is 1.21. The topological polar surface area (TPSA) is 117 Å². The maximum absolute atomic E-state index is 11.6. The van der Waals surface area contributed by atoms with E-state index in [0.717, 1.165) is 18.0 Å². The Labute approximate surface area is 95.2 Å². The minimum absolute atomic E-state index is 0.109. The van der Waals surface area contributed by atoms with E-state index in [9.17, 15) is 14.9 Å². The zero-order valence-electron chi connectivity index (χ0n) is 8.85. The van der Waals surface area contributed by atoms with Crippen molar-refractivity contribution in [1.82, 2.24) is 15.2 Å². The smallest absolute Gasteiger partial charge is 0.287 e. The second-order valence-electron chi connectivity index (χ2n) is 3.42. The van der Waals surface area contributed by atoms with E-state index in [1.807, 2.05) is 0 Å². The number of hydrogen-bond donors (Lipinski definition) is 3. The lowest BCUT2D eigenvalue weighted by molar-refractivity contribution is -0.384. The average Bonchev–Trinajstić information content (AvgIpc) is 2.86. The zero-order valence-corrected chi connectivity index (χ0v) is 8.85. The van der Waals surface area contributed by atoms with Crippen LogP contribution < -0.4 is 5.32 Å². The molecule has 0 bridgehead atoms. The van der Waals surface area contributed by atoms with Crippen LogP contribution in [0.1, 0.15) is 16.2 Å². The predicted molar refractivity (Wildman–Crippen MR) is 58.7 cm³/mol. The molecule has 8 heteroatoms. The van der Waals surface area contributed by atoms with Gasteiger partial charge in [0.25, 0.3) is 11.6 Å². The number of carbonyl (C=O) groups excluding carboxylic acids is 1. The first kappa shape index (κ1) is 10.9. The van der Waals surface area contributed by atoms with E-state index in [1.54, 1.807) is 13.0 Å². The lowest BCUT2D eigenvalue weighted by Crippen LogP contribution is -2.12. The van der Waals surface area contributed by atoms with Gasteiger partial charge >= 0.3 is 0 Å². The molecule has 0 aliphatic heterocycles. The second-order valence-corrected chi connectivity index (χ2v) is 3.42. The number of aryl methyl sites for hydroxylation is 1. The molecule has 2 rings (SSSR count). The number of hydrogen-bond acceptors (Lipinski definition) is 4. The number of amides is 1. The molecule has 0 radical (unpaired) electrons. The molecule has 0 atom stereocenters. The molecule has 88 valence electrons. The molecule has 0 saturated heterocycles. The molecule has 17 heavy (non-hydrogen) atoms. The van der Waals surface area contributed by atoms with Crippen molar-refractivity contribution in [1.29, 1.82) is 0 Å².